The first kappa shape index (κ1) is 22.4. The van der Waals surface area contributed by atoms with Crippen LogP contribution in [0.3, 0.4) is 0 Å². The van der Waals surface area contributed by atoms with E-state index in [0.29, 0.717) is 25.1 Å². The number of likely N-dealkylation sites (tertiary alicyclic amines) is 1. The van der Waals surface area contributed by atoms with Gasteiger partial charge in [0.15, 0.2) is 11.0 Å². The molecular formula is C18H28ClFN4O4. The molecule has 1 fully saturated rings. The number of alkyl halides is 1. The van der Waals surface area contributed by atoms with Crippen LogP contribution < -0.4 is 5.32 Å². The first-order chi connectivity index (χ1) is 13.1. The number of hydrogen-bond acceptors (Lipinski definition) is 5. The highest BCUT2D eigenvalue weighted by molar-refractivity contribution is 6.30. The van der Waals surface area contributed by atoms with Crippen molar-refractivity contribution in [2.45, 2.75) is 58.3 Å². The second-order valence-electron chi connectivity index (χ2n) is 7.60. The predicted molar refractivity (Wildman–Crippen MR) is 102 cm³/mol. The van der Waals surface area contributed by atoms with Crippen molar-refractivity contribution in [1.29, 1.82) is 0 Å². The zero-order chi connectivity index (χ0) is 20.9. The number of carbonyl (C=O) groups is 2. The number of amides is 2. The van der Waals surface area contributed by atoms with Crippen LogP contribution in [0.1, 0.15) is 50.4 Å². The van der Waals surface area contributed by atoms with E-state index in [9.17, 15) is 14.0 Å². The molecular weight excluding hydrogens is 391 g/mol. The van der Waals surface area contributed by atoms with Crippen LogP contribution in [-0.4, -0.2) is 71.0 Å². The highest BCUT2D eigenvalue weighted by Crippen LogP contribution is 2.19. The Morgan fingerprint density at radius 2 is 2.14 bits per heavy atom. The molecule has 1 saturated heterocycles. The van der Waals surface area contributed by atoms with Crippen LogP contribution in [0, 0.1) is 0 Å². The Bertz CT molecular complexity index is 692. The lowest BCUT2D eigenvalue weighted by molar-refractivity contribution is -0.0359. The minimum Gasteiger partial charge on any atom is -0.444 e. The number of imidazole rings is 1. The maximum atomic E-state index is 12.6. The number of ether oxygens (including phenoxy) is 2. The molecule has 2 rings (SSSR count). The van der Waals surface area contributed by atoms with E-state index < -0.39 is 36.4 Å². The van der Waals surface area contributed by atoms with E-state index in [2.05, 4.69) is 15.3 Å². The Labute approximate surface area is 169 Å². The van der Waals surface area contributed by atoms with Gasteiger partial charge in [-0.1, -0.05) is 18.5 Å². The topological polar surface area (TPSA) is 96.6 Å². The van der Waals surface area contributed by atoms with Crippen molar-refractivity contribution in [3.05, 3.63) is 16.7 Å². The van der Waals surface area contributed by atoms with E-state index in [-0.39, 0.29) is 24.1 Å². The molecule has 158 valence electrons. The normalized spacial score (nSPS) is 20.1. The monoisotopic (exact) mass is 418 g/mol. The van der Waals surface area contributed by atoms with Crippen molar-refractivity contribution >= 4 is 23.6 Å². The van der Waals surface area contributed by atoms with Crippen LogP contribution in [0.5, 0.6) is 0 Å². The van der Waals surface area contributed by atoms with Crippen molar-refractivity contribution in [2.24, 2.45) is 0 Å². The quantitative estimate of drug-likeness (QED) is 0.740. The maximum absolute atomic E-state index is 12.6. The Hall–Kier alpha value is -1.87. The molecule has 2 amide bonds. The largest absolute Gasteiger partial charge is 0.444 e. The molecule has 28 heavy (non-hydrogen) atoms. The van der Waals surface area contributed by atoms with Crippen LogP contribution in [0.4, 0.5) is 9.18 Å². The maximum Gasteiger partial charge on any atom is 0.410 e. The van der Waals surface area contributed by atoms with Crippen LogP contribution in [0.2, 0.25) is 5.15 Å². The number of nitrogens with zero attached hydrogens (tertiary/aromatic N) is 2. The van der Waals surface area contributed by atoms with Crippen molar-refractivity contribution in [3.63, 3.8) is 0 Å². The fourth-order valence-electron chi connectivity index (χ4n) is 2.91. The van der Waals surface area contributed by atoms with Gasteiger partial charge in [0.05, 0.1) is 31.0 Å². The SMILES string of the molecule is CCc1[nH]c(C(=O)NC2CCN(C(=O)OC(C)(C)C)CC2OCCF)nc1Cl. The molecule has 0 spiro atoms. The number of halogens is 2. The number of nitrogens with one attached hydrogen (secondary N) is 2. The van der Waals surface area contributed by atoms with Crippen molar-refractivity contribution in [2.75, 3.05) is 26.4 Å². The Balaban J connectivity index is 2.04. The summed E-state index contributed by atoms with van der Waals surface area (Å²) in [6, 6.07) is -0.397. The van der Waals surface area contributed by atoms with E-state index in [1.54, 1.807) is 20.8 Å². The Morgan fingerprint density at radius 3 is 2.71 bits per heavy atom. The molecule has 2 atom stereocenters. The van der Waals surface area contributed by atoms with Gasteiger partial charge >= 0.3 is 6.09 Å². The van der Waals surface area contributed by atoms with E-state index in [0.717, 1.165) is 0 Å². The van der Waals surface area contributed by atoms with Crippen molar-refractivity contribution < 1.29 is 23.5 Å². The summed E-state index contributed by atoms with van der Waals surface area (Å²) in [7, 11) is 0. The average molecular weight is 419 g/mol. The standard InChI is InChI=1S/C18H28ClFN4O4/c1-5-11-14(19)23-15(21-11)16(25)22-12-6-8-24(10-13(12)27-9-7-20)17(26)28-18(2,3)4/h12-13H,5-10H2,1-4H3,(H,21,23)(H,22,25). The second-order valence-corrected chi connectivity index (χ2v) is 7.96. The van der Waals surface area contributed by atoms with Gasteiger partial charge in [-0.2, -0.15) is 0 Å². The molecule has 2 unspecified atom stereocenters. The third kappa shape index (κ3) is 6.07. The summed E-state index contributed by atoms with van der Waals surface area (Å²) < 4.78 is 23.6. The highest BCUT2D eigenvalue weighted by atomic mass is 35.5. The van der Waals surface area contributed by atoms with Crippen LogP contribution in [0.15, 0.2) is 0 Å². The number of hydrogen-bond donors (Lipinski definition) is 2. The molecule has 0 aromatic carbocycles. The second kappa shape index (κ2) is 9.56. The molecule has 0 radical (unpaired) electrons. The lowest BCUT2D eigenvalue weighted by Gasteiger charge is -2.38. The summed E-state index contributed by atoms with van der Waals surface area (Å²) in [5, 5.41) is 3.11. The average Bonchev–Trinajstić information content (AvgIpc) is 3.00. The summed E-state index contributed by atoms with van der Waals surface area (Å²) >= 11 is 5.99. The lowest BCUT2D eigenvalue weighted by Crippen LogP contribution is -2.57. The minimum absolute atomic E-state index is 0.112. The zero-order valence-corrected chi connectivity index (χ0v) is 17.4. The van der Waals surface area contributed by atoms with E-state index in [4.69, 9.17) is 21.1 Å². The van der Waals surface area contributed by atoms with E-state index in [1.165, 1.54) is 4.90 Å². The van der Waals surface area contributed by atoms with Crippen LogP contribution in [-0.2, 0) is 15.9 Å². The van der Waals surface area contributed by atoms with Gasteiger partial charge in [0.2, 0.25) is 0 Å². The summed E-state index contributed by atoms with van der Waals surface area (Å²) in [6.07, 6.45) is 0.0423. The number of piperidine rings is 1. The third-order valence-corrected chi connectivity index (χ3v) is 4.55. The molecule has 8 nitrogen and oxygen atoms in total. The summed E-state index contributed by atoms with van der Waals surface area (Å²) in [4.78, 5) is 33.3. The molecule has 1 aliphatic heterocycles. The van der Waals surface area contributed by atoms with Crippen molar-refractivity contribution in [3.8, 4) is 0 Å². The fourth-order valence-corrected chi connectivity index (χ4v) is 3.17. The summed E-state index contributed by atoms with van der Waals surface area (Å²) in [5.41, 5.74) is 0.0595. The predicted octanol–water partition coefficient (Wildman–Crippen LogP) is 2.72. The van der Waals surface area contributed by atoms with Gasteiger partial charge in [0.25, 0.3) is 5.91 Å². The molecule has 1 aromatic heterocycles. The number of carbonyl (C=O) groups excluding carboxylic acids is 2. The van der Waals surface area contributed by atoms with Gasteiger partial charge in [0.1, 0.15) is 12.3 Å². The molecule has 10 heteroatoms. The summed E-state index contributed by atoms with van der Waals surface area (Å²) in [5.74, 6) is -0.313. The third-order valence-electron chi connectivity index (χ3n) is 4.23. The molecule has 0 aliphatic carbocycles. The van der Waals surface area contributed by atoms with Crippen LogP contribution in [0.25, 0.3) is 0 Å². The Kier molecular flexibility index (Phi) is 7.65. The molecule has 0 bridgehead atoms. The number of H-pyrrole nitrogens is 1. The van der Waals surface area contributed by atoms with E-state index in [1.807, 2.05) is 6.92 Å². The van der Waals surface area contributed by atoms with E-state index >= 15 is 0 Å². The molecule has 1 aliphatic rings. The lowest BCUT2D eigenvalue weighted by atomic mass is 10.0. The first-order valence-electron chi connectivity index (χ1n) is 9.35. The molecule has 0 saturated carbocycles. The Morgan fingerprint density at radius 1 is 1.43 bits per heavy atom. The first-order valence-corrected chi connectivity index (χ1v) is 9.73. The summed E-state index contributed by atoms with van der Waals surface area (Å²) in [6.45, 7) is 7.06. The molecule has 1 aromatic rings. The van der Waals surface area contributed by atoms with Crippen molar-refractivity contribution in [1.82, 2.24) is 20.2 Å². The van der Waals surface area contributed by atoms with Gasteiger partial charge in [0, 0.05) is 6.54 Å². The van der Waals surface area contributed by atoms with Crippen LogP contribution >= 0.6 is 11.6 Å². The molecule has 2 heterocycles. The van der Waals surface area contributed by atoms with Gasteiger partial charge in [-0.15, -0.1) is 0 Å². The number of aryl methyl sites for hydroxylation is 1. The fraction of sp³-hybridized carbons (Fsp3) is 0.722. The highest BCUT2D eigenvalue weighted by Gasteiger charge is 2.35. The zero-order valence-electron chi connectivity index (χ0n) is 16.7. The number of aromatic amines is 1. The minimum atomic E-state index is -0.656. The van der Waals surface area contributed by atoms with Gasteiger partial charge in [-0.3, -0.25) is 4.79 Å². The molecule has 2 N–H and O–H groups in total. The van der Waals surface area contributed by atoms with Gasteiger partial charge < -0.3 is 24.7 Å². The number of rotatable bonds is 6. The smallest absolute Gasteiger partial charge is 0.410 e. The number of aromatic nitrogens is 2. The van der Waals surface area contributed by atoms with Gasteiger partial charge in [-0.25, -0.2) is 14.2 Å². The van der Waals surface area contributed by atoms with Gasteiger partial charge in [-0.05, 0) is 33.6 Å².